The third-order valence-electron chi connectivity index (χ3n) is 5.44. The van der Waals surface area contributed by atoms with E-state index in [0.717, 1.165) is 34.2 Å². The van der Waals surface area contributed by atoms with Gasteiger partial charge in [-0.15, -0.1) is 22.7 Å². The second-order valence-electron chi connectivity index (χ2n) is 7.84. The van der Waals surface area contributed by atoms with Gasteiger partial charge in [-0.2, -0.15) is 4.98 Å². The zero-order chi connectivity index (χ0) is 21.9. The molecule has 0 atom stereocenters. The molecule has 32 heavy (non-hydrogen) atoms. The fraction of sp³-hybridized carbons (Fsp3) is 0.304. The average molecular weight is 466 g/mol. The molecule has 1 aromatic carbocycles. The van der Waals surface area contributed by atoms with Crippen LogP contribution in [0.25, 0.3) is 21.3 Å². The molecule has 0 saturated carbocycles. The summed E-state index contributed by atoms with van der Waals surface area (Å²) in [4.78, 5) is 27.1. The summed E-state index contributed by atoms with van der Waals surface area (Å²) in [5.41, 5.74) is 3.15. The number of thiazole rings is 1. The van der Waals surface area contributed by atoms with Crippen molar-refractivity contribution < 1.29 is 9.32 Å². The predicted molar refractivity (Wildman–Crippen MR) is 125 cm³/mol. The Balaban J connectivity index is 1.13. The van der Waals surface area contributed by atoms with Crippen LogP contribution in [-0.4, -0.2) is 57.0 Å². The Bertz CT molecular complexity index is 1190. The van der Waals surface area contributed by atoms with Crippen LogP contribution in [0.4, 0.5) is 0 Å². The summed E-state index contributed by atoms with van der Waals surface area (Å²) >= 11 is 3.18. The summed E-state index contributed by atoms with van der Waals surface area (Å²) in [7, 11) is 0. The first-order valence-corrected chi connectivity index (χ1v) is 12.3. The topological polar surface area (TPSA) is 75.4 Å². The molecule has 164 valence electrons. The molecule has 0 N–H and O–H groups in total. The molecule has 1 aliphatic heterocycles. The van der Waals surface area contributed by atoms with Crippen molar-refractivity contribution >= 4 is 28.6 Å². The van der Waals surface area contributed by atoms with E-state index in [0.29, 0.717) is 37.8 Å². The molecule has 4 aromatic rings. The molecule has 4 heterocycles. The fourth-order valence-corrected chi connectivity index (χ4v) is 5.20. The number of thiophene rings is 1. The monoisotopic (exact) mass is 465 g/mol. The number of aryl methyl sites for hydroxylation is 1. The number of hydrogen-bond acceptors (Lipinski definition) is 8. The van der Waals surface area contributed by atoms with E-state index in [1.54, 1.807) is 22.7 Å². The summed E-state index contributed by atoms with van der Waals surface area (Å²) in [5.74, 6) is 1.37. The third kappa shape index (κ3) is 4.79. The van der Waals surface area contributed by atoms with Gasteiger partial charge in [-0.1, -0.05) is 35.0 Å². The van der Waals surface area contributed by atoms with E-state index in [9.17, 15) is 4.79 Å². The normalized spacial score (nSPS) is 14.7. The maximum atomic E-state index is 12.8. The Morgan fingerprint density at radius 1 is 1.09 bits per heavy atom. The second kappa shape index (κ2) is 9.32. The summed E-state index contributed by atoms with van der Waals surface area (Å²) in [6.45, 7) is 5.63. The van der Waals surface area contributed by atoms with E-state index in [1.807, 2.05) is 33.9 Å². The van der Waals surface area contributed by atoms with Crippen molar-refractivity contribution in [2.24, 2.45) is 0 Å². The molecule has 1 saturated heterocycles. The van der Waals surface area contributed by atoms with E-state index < -0.39 is 0 Å². The van der Waals surface area contributed by atoms with Gasteiger partial charge in [0.15, 0.2) is 0 Å². The van der Waals surface area contributed by atoms with Gasteiger partial charge >= 0.3 is 0 Å². The van der Waals surface area contributed by atoms with Crippen LogP contribution >= 0.6 is 22.7 Å². The first-order chi connectivity index (χ1) is 15.6. The standard InChI is InChI=1S/C23H23N5O2S2/c1-16-4-2-5-17(12-16)23-24-18(15-32-23)13-21(29)28-9-7-27(8-10-28)14-20-25-22(26-30-20)19-6-3-11-31-19/h2-6,11-12,15H,7-10,13-14H2,1H3. The summed E-state index contributed by atoms with van der Waals surface area (Å²) < 4.78 is 5.41. The molecule has 5 rings (SSSR count). The smallest absolute Gasteiger partial charge is 0.241 e. The van der Waals surface area contributed by atoms with Gasteiger partial charge < -0.3 is 9.42 Å². The molecule has 0 spiro atoms. The SMILES string of the molecule is Cc1cccc(-c2nc(CC(=O)N3CCN(Cc4nc(-c5cccs5)no4)CC3)cs2)c1. The van der Waals surface area contributed by atoms with Crippen LogP contribution in [0.5, 0.6) is 0 Å². The lowest BCUT2D eigenvalue weighted by atomic mass is 10.1. The molecule has 7 nitrogen and oxygen atoms in total. The number of amides is 1. The number of rotatable bonds is 6. The Kier molecular flexibility index (Phi) is 6.11. The van der Waals surface area contributed by atoms with Crippen molar-refractivity contribution in [1.29, 1.82) is 0 Å². The van der Waals surface area contributed by atoms with E-state index >= 15 is 0 Å². The van der Waals surface area contributed by atoms with Crippen LogP contribution < -0.4 is 0 Å². The number of carbonyl (C=O) groups is 1. The Hall–Kier alpha value is -2.88. The summed E-state index contributed by atoms with van der Waals surface area (Å²) in [5, 5.41) is 9.02. The maximum Gasteiger partial charge on any atom is 0.241 e. The molecular formula is C23H23N5O2S2. The number of piperazine rings is 1. The maximum absolute atomic E-state index is 12.8. The lowest BCUT2D eigenvalue weighted by molar-refractivity contribution is -0.132. The molecule has 0 radical (unpaired) electrons. The molecule has 0 unspecified atom stereocenters. The number of aromatic nitrogens is 3. The molecule has 1 fully saturated rings. The van der Waals surface area contributed by atoms with Gasteiger partial charge in [-0.25, -0.2) is 4.98 Å². The van der Waals surface area contributed by atoms with E-state index in [-0.39, 0.29) is 5.91 Å². The predicted octanol–water partition coefficient (Wildman–Crippen LogP) is 4.12. The van der Waals surface area contributed by atoms with Gasteiger partial charge in [0.2, 0.25) is 17.6 Å². The van der Waals surface area contributed by atoms with E-state index in [1.165, 1.54) is 5.56 Å². The van der Waals surface area contributed by atoms with E-state index in [2.05, 4.69) is 45.1 Å². The Morgan fingerprint density at radius 3 is 2.75 bits per heavy atom. The zero-order valence-corrected chi connectivity index (χ0v) is 19.4. The van der Waals surface area contributed by atoms with Gasteiger partial charge in [0.05, 0.1) is 23.5 Å². The highest BCUT2D eigenvalue weighted by Gasteiger charge is 2.23. The molecule has 1 aliphatic rings. The highest BCUT2D eigenvalue weighted by Crippen LogP contribution is 2.25. The van der Waals surface area contributed by atoms with Gasteiger partial charge in [0.1, 0.15) is 5.01 Å². The van der Waals surface area contributed by atoms with Gasteiger partial charge in [0.25, 0.3) is 0 Å². The molecule has 0 bridgehead atoms. The highest BCUT2D eigenvalue weighted by molar-refractivity contribution is 7.13. The van der Waals surface area contributed by atoms with Crippen molar-refractivity contribution in [3.05, 3.63) is 64.3 Å². The van der Waals surface area contributed by atoms with Crippen LogP contribution in [0.15, 0.2) is 51.7 Å². The van der Waals surface area contributed by atoms with Crippen molar-refractivity contribution in [3.63, 3.8) is 0 Å². The van der Waals surface area contributed by atoms with Crippen LogP contribution in [-0.2, 0) is 17.8 Å². The van der Waals surface area contributed by atoms with Crippen molar-refractivity contribution in [3.8, 4) is 21.3 Å². The van der Waals surface area contributed by atoms with Crippen LogP contribution in [0.3, 0.4) is 0 Å². The lowest BCUT2D eigenvalue weighted by Crippen LogP contribution is -2.48. The van der Waals surface area contributed by atoms with Crippen molar-refractivity contribution in [1.82, 2.24) is 24.9 Å². The van der Waals surface area contributed by atoms with Gasteiger partial charge in [-0.3, -0.25) is 9.69 Å². The third-order valence-corrected chi connectivity index (χ3v) is 7.25. The Morgan fingerprint density at radius 2 is 1.97 bits per heavy atom. The number of nitrogens with zero attached hydrogens (tertiary/aromatic N) is 5. The Labute approximate surface area is 194 Å². The largest absolute Gasteiger partial charge is 0.340 e. The fourth-order valence-electron chi connectivity index (χ4n) is 3.74. The molecule has 3 aromatic heterocycles. The number of benzene rings is 1. The lowest BCUT2D eigenvalue weighted by Gasteiger charge is -2.33. The molecular weight excluding hydrogens is 442 g/mol. The van der Waals surface area contributed by atoms with Gasteiger partial charge in [0, 0.05) is 37.1 Å². The molecule has 1 amide bonds. The van der Waals surface area contributed by atoms with Crippen LogP contribution in [0.2, 0.25) is 0 Å². The first-order valence-electron chi connectivity index (χ1n) is 10.5. The zero-order valence-electron chi connectivity index (χ0n) is 17.7. The molecule has 9 heteroatoms. The average Bonchev–Trinajstić information content (AvgIpc) is 3.56. The van der Waals surface area contributed by atoms with E-state index in [4.69, 9.17) is 4.52 Å². The molecule has 0 aliphatic carbocycles. The highest BCUT2D eigenvalue weighted by atomic mass is 32.1. The van der Waals surface area contributed by atoms with Crippen LogP contribution in [0, 0.1) is 6.92 Å². The van der Waals surface area contributed by atoms with Crippen molar-refractivity contribution in [2.75, 3.05) is 26.2 Å². The number of carbonyl (C=O) groups excluding carboxylic acids is 1. The first kappa shape index (κ1) is 21.0. The van der Waals surface area contributed by atoms with Crippen molar-refractivity contribution in [2.45, 2.75) is 19.9 Å². The minimum Gasteiger partial charge on any atom is -0.340 e. The number of hydrogen-bond donors (Lipinski definition) is 0. The minimum absolute atomic E-state index is 0.128. The summed E-state index contributed by atoms with van der Waals surface area (Å²) in [6, 6.07) is 12.2. The minimum atomic E-state index is 0.128. The summed E-state index contributed by atoms with van der Waals surface area (Å²) in [6.07, 6.45) is 0.343. The van der Waals surface area contributed by atoms with Crippen LogP contribution in [0.1, 0.15) is 17.1 Å². The quantitative estimate of drug-likeness (QED) is 0.426. The van der Waals surface area contributed by atoms with Gasteiger partial charge in [-0.05, 0) is 24.4 Å². The second-order valence-corrected chi connectivity index (χ2v) is 9.64.